The van der Waals surface area contributed by atoms with Gasteiger partial charge in [-0.25, -0.2) is 13.8 Å². The van der Waals surface area contributed by atoms with Gasteiger partial charge >= 0.3 is 0 Å². The first-order valence-electron chi connectivity index (χ1n) is 12.1. The molecular formula is C30H28BF2N3Si. The monoisotopic (exact) mass is 507 g/mol. The summed E-state index contributed by atoms with van der Waals surface area (Å²) in [5, 5.41) is 6.31. The number of nitrogens with zero attached hydrogens (tertiary/aromatic N) is 3. The van der Waals surface area contributed by atoms with E-state index < -0.39 is 8.07 Å². The molecule has 184 valence electrons. The van der Waals surface area contributed by atoms with Crippen LogP contribution < -0.4 is 21.3 Å². The summed E-state index contributed by atoms with van der Waals surface area (Å²) >= 11 is 0. The number of benzene rings is 4. The lowest BCUT2D eigenvalue weighted by Gasteiger charge is -2.28. The fourth-order valence-corrected chi connectivity index (χ4v) is 7.72. The Kier molecular flexibility index (Phi) is 8.59. The van der Waals surface area contributed by atoms with Crippen molar-refractivity contribution in [2.24, 2.45) is 0 Å². The van der Waals surface area contributed by atoms with Crippen LogP contribution >= 0.6 is 0 Å². The summed E-state index contributed by atoms with van der Waals surface area (Å²) in [5.74, 6) is 1.46. The average Bonchev–Trinajstić information content (AvgIpc) is 3.44. The van der Waals surface area contributed by atoms with E-state index in [0.29, 0.717) is 12.9 Å². The molecule has 4 aromatic carbocycles. The summed E-state index contributed by atoms with van der Waals surface area (Å²) in [6.07, 6.45) is 3.81. The van der Waals surface area contributed by atoms with Crippen molar-refractivity contribution in [3.63, 3.8) is 0 Å². The molecule has 0 N–H and O–H groups in total. The molecule has 0 radical (unpaired) electrons. The minimum atomic E-state index is -2.22. The second-order valence-electron chi connectivity index (χ2n) is 8.97. The highest BCUT2D eigenvalue weighted by Crippen LogP contribution is 2.10. The van der Waals surface area contributed by atoms with Crippen LogP contribution in [0, 0.1) is 11.6 Å². The third kappa shape index (κ3) is 6.57. The van der Waals surface area contributed by atoms with E-state index in [4.69, 9.17) is 0 Å². The molecule has 5 rings (SSSR count). The molecule has 1 aromatic heterocycles. The molecule has 0 aliphatic heterocycles. The van der Waals surface area contributed by atoms with Crippen LogP contribution in [-0.2, 0) is 6.17 Å². The van der Waals surface area contributed by atoms with E-state index in [2.05, 4.69) is 71.7 Å². The summed E-state index contributed by atoms with van der Waals surface area (Å²) in [6, 6.07) is 34.0. The van der Waals surface area contributed by atoms with E-state index >= 15 is 0 Å². The van der Waals surface area contributed by atoms with Crippen molar-refractivity contribution in [2.45, 2.75) is 12.7 Å². The highest BCUT2D eigenvalue weighted by molar-refractivity contribution is 7.00. The quantitative estimate of drug-likeness (QED) is 0.312. The average molecular weight is 507 g/mol. The van der Waals surface area contributed by atoms with E-state index in [1.54, 1.807) is 11.0 Å². The van der Waals surface area contributed by atoms with Gasteiger partial charge in [-0.05, 0) is 24.3 Å². The molecule has 0 saturated carbocycles. The van der Waals surface area contributed by atoms with Gasteiger partial charge in [-0.3, -0.25) is 4.68 Å². The van der Waals surface area contributed by atoms with Crippen LogP contribution in [0.5, 0.6) is 0 Å². The van der Waals surface area contributed by atoms with Gasteiger partial charge in [-0.2, -0.15) is 5.10 Å². The second-order valence-corrected chi connectivity index (χ2v) is 13.1. The molecule has 0 bridgehead atoms. The number of hydrogen-bond donors (Lipinski definition) is 0. The van der Waals surface area contributed by atoms with E-state index in [-0.39, 0.29) is 11.6 Å². The lowest BCUT2D eigenvalue weighted by atomic mass is 9.41. The van der Waals surface area contributed by atoms with Crippen LogP contribution in [0.15, 0.2) is 134 Å². The molecule has 37 heavy (non-hydrogen) atoms. The summed E-state index contributed by atoms with van der Waals surface area (Å²) in [6.45, 7) is 6.37. The molecule has 0 unspecified atom stereocenters. The van der Waals surface area contributed by atoms with Crippen molar-refractivity contribution in [3.8, 4) is 0 Å². The molecule has 3 nitrogen and oxygen atoms in total. The van der Waals surface area contributed by atoms with E-state index in [1.807, 2.05) is 42.4 Å². The minimum absolute atomic E-state index is 0.264. The van der Waals surface area contributed by atoms with Crippen molar-refractivity contribution in [2.75, 3.05) is 0 Å². The van der Waals surface area contributed by atoms with E-state index in [9.17, 15) is 8.78 Å². The Labute approximate surface area is 218 Å². The predicted octanol–water partition coefficient (Wildman–Crippen LogP) is 4.01. The van der Waals surface area contributed by atoms with Crippen LogP contribution in [0.25, 0.3) is 0 Å². The fourth-order valence-electron chi connectivity index (χ4n) is 4.41. The van der Waals surface area contributed by atoms with Gasteiger partial charge in [-0.1, -0.05) is 113 Å². The molecule has 0 fully saturated rings. The number of rotatable bonds is 7. The summed E-state index contributed by atoms with van der Waals surface area (Å²) in [5.41, 5.74) is 2.58. The van der Waals surface area contributed by atoms with Gasteiger partial charge in [0.25, 0.3) is 0 Å². The van der Waals surface area contributed by atoms with Gasteiger partial charge in [0, 0.05) is 6.17 Å². The molecule has 0 aliphatic carbocycles. The Bertz CT molecular complexity index is 1290. The van der Waals surface area contributed by atoms with Crippen molar-refractivity contribution in [1.82, 2.24) is 14.8 Å². The maximum absolute atomic E-state index is 13.2. The molecule has 7 heteroatoms. The first-order chi connectivity index (χ1) is 18.0. The SMILES string of the molecule is C=CB(c1ccccc1)c1ccccc1.C[Si](Cn1cncn1)(c1ccc(F)cc1)c1ccc(F)cc1. The van der Waals surface area contributed by atoms with Crippen LogP contribution in [0.3, 0.4) is 0 Å². The van der Waals surface area contributed by atoms with Crippen molar-refractivity contribution in [1.29, 1.82) is 0 Å². The highest BCUT2D eigenvalue weighted by Gasteiger charge is 2.33. The molecule has 0 spiro atoms. The van der Waals surface area contributed by atoms with Crippen molar-refractivity contribution < 1.29 is 8.78 Å². The Morgan fingerprint density at radius 1 is 0.757 bits per heavy atom. The Morgan fingerprint density at radius 2 is 1.22 bits per heavy atom. The zero-order valence-electron chi connectivity index (χ0n) is 20.7. The van der Waals surface area contributed by atoms with Gasteiger partial charge in [0.2, 0.25) is 6.71 Å². The molecule has 0 atom stereocenters. The lowest BCUT2D eigenvalue weighted by molar-refractivity contribution is 0.628. The fraction of sp³-hybridized carbons (Fsp3) is 0.0667. The first-order valence-corrected chi connectivity index (χ1v) is 14.8. The largest absolute Gasteiger partial charge is 0.255 e. The van der Waals surface area contributed by atoms with Gasteiger partial charge in [0.1, 0.15) is 32.4 Å². The first kappa shape index (κ1) is 26.0. The maximum Gasteiger partial charge on any atom is 0.233 e. The van der Waals surface area contributed by atoms with Crippen LogP contribution in [0.4, 0.5) is 8.78 Å². The molecule has 5 aromatic rings. The molecule has 0 amide bonds. The third-order valence-corrected chi connectivity index (χ3v) is 10.6. The summed E-state index contributed by atoms with van der Waals surface area (Å²) in [4.78, 5) is 3.98. The Balaban J connectivity index is 0.000000186. The highest BCUT2D eigenvalue weighted by atomic mass is 28.3. The maximum atomic E-state index is 13.2. The third-order valence-electron chi connectivity index (χ3n) is 6.46. The Morgan fingerprint density at radius 3 is 1.59 bits per heavy atom. The molecular weight excluding hydrogens is 479 g/mol. The lowest BCUT2D eigenvalue weighted by Crippen LogP contribution is -2.59. The van der Waals surface area contributed by atoms with Crippen LogP contribution in [0.2, 0.25) is 6.55 Å². The number of halogens is 2. The van der Waals surface area contributed by atoms with Crippen LogP contribution in [0.1, 0.15) is 0 Å². The smallest absolute Gasteiger partial charge is 0.233 e. The standard InChI is InChI=1S/C16H15F2N3Si.C14H13B/c1-22(12-21-11-19-10-20-21,15-6-2-13(17)3-7-15)16-8-4-14(18)5-9-16;1-2-15(13-9-5-3-6-10-13)14-11-7-4-8-12-14/h2-11H,12H2,1H3;2-12H,1H2. The van der Waals surface area contributed by atoms with Gasteiger partial charge < -0.3 is 0 Å². The Hall–Kier alpha value is -4.10. The summed E-state index contributed by atoms with van der Waals surface area (Å²) in [7, 11) is -2.22. The van der Waals surface area contributed by atoms with Crippen molar-refractivity contribution in [3.05, 3.63) is 146 Å². The summed E-state index contributed by atoms with van der Waals surface area (Å²) < 4.78 is 28.3. The number of hydrogen-bond acceptors (Lipinski definition) is 2. The molecule has 0 saturated heterocycles. The normalized spacial score (nSPS) is 10.8. The van der Waals surface area contributed by atoms with Crippen LogP contribution in [-0.4, -0.2) is 29.6 Å². The topological polar surface area (TPSA) is 30.7 Å². The predicted molar refractivity (Wildman–Crippen MR) is 152 cm³/mol. The van der Waals surface area contributed by atoms with E-state index in [0.717, 1.165) is 10.4 Å². The number of aromatic nitrogens is 3. The minimum Gasteiger partial charge on any atom is -0.255 e. The second kappa shape index (κ2) is 12.2. The van der Waals surface area contributed by atoms with Crippen molar-refractivity contribution >= 4 is 36.1 Å². The zero-order chi connectivity index (χ0) is 26.1. The van der Waals surface area contributed by atoms with Gasteiger partial charge in [-0.15, -0.1) is 12.6 Å². The molecule has 1 heterocycles. The van der Waals surface area contributed by atoms with Gasteiger partial charge in [0.15, 0.2) is 0 Å². The van der Waals surface area contributed by atoms with Gasteiger partial charge in [0.05, 0.1) is 0 Å². The van der Waals surface area contributed by atoms with E-state index in [1.165, 1.54) is 41.5 Å². The zero-order valence-corrected chi connectivity index (χ0v) is 21.7. The molecule has 0 aliphatic rings.